The molecule has 0 radical (unpaired) electrons. The summed E-state index contributed by atoms with van der Waals surface area (Å²) in [5.74, 6) is -1.14. The molecule has 2 amide bonds. The lowest BCUT2D eigenvalue weighted by Gasteiger charge is -2.24. The summed E-state index contributed by atoms with van der Waals surface area (Å²) in [6.45, 7) is 7.46. The van der Waals surface area contributed by atoms with Crippen LogP contribution in [0.2, 0.25) is 5.28 Å². The first kappa shape index (κ1) is 23.4. The molecule has 2 fully saturated rings. The van der Waals surface area contributed by atoms with Crippen molar-refractivity contribution in [1.82, 2.24) is 35.4 Å². The van der Waals surface area contributed by atoms with Gasteiger partial charge in [-0.15, -0.1) is 0 Å². The molecule has 4 atom stereocenters. The first-order chi connectivity index (χ1) is 16.7. The molecule has 5 heterocycles. The van der Waals surface area contributed by atoms with Gasteiger partial charge in [0.2, 0.25) is 5.28 Å². The number of hydrogen-bond acceptors (Lipinski definition) is 11. The average Bonchev–Trinajstić information content (AvgIpc) is 3.54. The van der Waals surface area contributed by atoms with Crippen LogP contribution < -0.4 is 16.2 Å². The molecule has 0 spiro atoms. The number of aryl methyl sites for hydroxylation is 1. The number of hydrogen-bond donors (Lipinski definition) is 3. The Bertz CT molecular complexity index is 1290. The van der Waals surface area contributed by atoms with E-state index >= 15 is 0 Å². The van der Waals surface area contributed by atoms with Gasteiger partial charge in [-0.05, 0) is 39.3 Å². The van der Waals surface area contributed by atoms with Gasteiger partial charge in [0, 0.05) is 12.6 Å². The van der Waals surface area contributed by atoms with Crippen LogP contribution in [0, 0.1) is 6.92 Å². The summed E-state index contributed by atoms with van der Waals surface area (Å²) in [5.41, 5.74) is 5.84. The Balaban J connectivity index is 1.44. The second-order valence-corrected chi connectivity index (χ2v) is 8.81. The third-order valence-corrected chi connectivity index (χ3v) is 5.63. The molecule has 2 saturated heterocycles. The first-order valence-corrected chi connectivity index (χ1v) is 11.2. The largest absolute Gasteiger partial charge is 0.361 e. The number of imidazole rings is 1. The van der Waals surface area contributed by atoms with Crippen molar-refractivity contribution in [3.63, 3.8) is 0 Å². The van der Waals surface area contributed by atoms with Crippen molar-refractivity contribution in [3.8, 4) is 0 Å². The molecular formula is C20H23ClN8O6. The van der Waals surface area contributed by atoms with Gasteiger partial charge in [0.15, 0.2) is 40.8 Å². The van der Waals surface area contributed by atoms with Crippen LogP contribution in [0.25, 0.3) is 11.2 Å². The molecule has 35 heavy (non-hydrogen) atoms. The van der Waals surface area contributed by atoms with Crippen LogP contribution in [0.1, 0.15) is 43.2 Å². The molecule has 4 unspecified atom stereocenters. The van der Waals surface area contributed by atoms with Crippen LogP contribution in [0.5, 0.6) is 0 Å². The van der Waals surface area contributed by atoms with Gasteiger partial charge in [-0.1, -0.05) is 5.16 Å². The van der Waals surface area contributed by atoms with Gasteiger partial charge in [-0.3, -0.25) is 25.0 Å². The number of nitrogens with zero attached hydrogens (tertiary/aromatic N) is 5. The Hall–Kier alpha value is -3.33. The Morgan fingerprint density at radius 2 is 2.00 bits per heavy atom. The van der Waals surface area contributed by atoms with Crippen LogP contribution in [0.4, 0.5) is 5.82 Å². The fourth-order valence-corrected chi connectivity index (χ4v) is 4.27. The van der Waals surface area contributed by atoms with Crippen molar-refractivity contribution < 1.29 is 28.3 Å². The molecule has 0 bridgehead atoms. The number of halogens is 1. The normalized spacial score (nSPS) is 24.9. The number of rotatable bonds is 6. The predicted molar refractivity (Wildman–Crippen MR) is 119 cm³/mol. The number of likely N-dealkylation sites (N-methyl/N-ethyl adjacent to an activating group) is 1. The summed E-state index contributed by atoms with van der Waals surface area (Å²) >= 11 is 6.17. The monoisotopic (exact) mass is 506 g/mol. The van der Waals surface area contributed by atoms with E-state index in [1.807, 2.05) is 6.92 Å². The maximum atomic E-state index is 12.6. The van der Waals surface area contributed by atoms with E-state index in [4.69, 9.17) is 30.3 Å². The second-order valence-electron chi connectivity index (χ2n) is 8.47. The third kappa shape index (κ3) is 4.29. The highest BCUT2D eigenvalue weighted by molar-refractivity contribution is 6.28. The summed E-state index contributed by atoms with van der Waals surface area (Å²) in [6, 6.07) is 1.48. The minimum atomic E-state index is -0.915. The quantitative estimate of drug-likeness (QED) is 0.323. The Morgan fingerprint density at radius 3 is 2.71 bits per heavy atom. The first-order valence-electron chi connectivity index (χ1n) is 10.9. The highest BCUT2D eigenvalue weighted by Crippen LogP contribution is 2.44. The van der Waals surface area contributed by atoms with Gasteiger partial charge in [0.05, 0.1) is 6.33 Å². The predicted octanol–water partition coefficient (Wildman–Crippen LogP) is 1.09. The SMILES string of the molecule is CCNC(=O)C1OC(n2cnc3c(NNC(=O)c4cc(C)on4)nc(Cl)nc32)C2OC(C)(C)OC12. The molecule has 14 nitrogen and oxygen atoms in total. The highest BCUT2D eigenvalue weighted by Gasteiger charge is 2.58. The second kappa shape index (κ2) is 8.71. The molecule has 15 heteroatoms. The summed E-state index contributed by atoms with van der Waals surface area (Å²) in [4.78, 5) is 37.7. The molecule has 0 saturated carbocycles. The Labute approximate surface area is 203 Å². The zero-order valence-electron chi connectivity index (χ0n) is 19.2. The van der Waals surface area contributed by atoms with Crippen molar-refractivity contribution in [2.24, 2.45) is 0 Å². The van der Waals surface area contributed by atoms with E-state index in [2.05, 4.69) is 36.3 Å². The molecule has 3 N–H and O–H groups in total. The number of anilines is 1. The van der Waals surface area contributed by atoms with E-state index in [1.54, 1.807) is 25.3 Å². The number of ether oxygens (including phenoxy) is 3. The van der Waals surface area contributed by atoms with Crippen molar-refractivity contribution in [2.45, 2.75) is 58.0 Å². The smallest absolute Gasteiger partial charge is 0.291 e. The van der Waals surface area contributed by atoms with Crippen molar-refractivity contribution in [1.29, 1.82) is 0 Å². The Kier molecular flexibility index (Phi) is 5.83. The maximum Gasteiger partial charge on any atom is 0.291 e. The zero-order chi connectivity index (χ0) is 24.9. The van der Waals surface area contributed by atoms with E-state index in [0.717, 1.165) is 0 Å². The lowest BCUT2D eigenvalue weighted by atomic mass is 10.1. The van der Waals surface area contributed by atoms with Gasteiger partial charge >= 0.3 is 0 Å². The number of amides is 2. The molecule has 2 aliphatic heterocycles. The highest BCUT2D eigenvalue weighted by atomic mass is 35.5. The van der Waals surface area contributed by atoms with E-state index in [-0.39, 0.29) is 22.7 Å². The van der Waals surface area contributed by atoms with Crippen LogP contribution in [0.15, 0.2) is 16.9 Å². The zero-order valence-corrected chi connectivity index (χ0v) is 20.0. The van der Waals surface area contributed by atoms with Crippen molar-refractivity contribution in [3.05, 3.63) is 29.1 Å². The van der Waals surface area contributed by atoms with Gasteiger partial charge in [0.1, 0.15) is 18.0 Å². The molecule has 3 aromatic heterocycles. The molecule has 5 rings (SSSR count). The summed E-state index contributed by atoms with van der Waals surface area (Å²) in [6.07, 6.45) is -1.47. The number of carbonyl (C=O) groups excluding carboxylic acids is 2. The number of carbonyl (C=O) groups is 2. The molecule has 0 aromatic carbocycles. The van der Waals surface area contributed by atoms with Crippen LogP contribution >= 0.6 is 11.6 Å². The van der Waals surface area contributed by atoms with Crippen molar-refractivity contribution >= 4 is 40.4 Å². The van der Waals surface area contributed by atoms with E-state index < -0.39 is 36.2 Å². The van der Waals surface area contributed by atoms with E-state index in [0.29, 0.717) is 23.5 Å². The molecule has 0 aliphatic carbocycles. The van der Waals surface area contributed by atoms with Crippen LogP contribution in [-0.4, -0.2) is 67.1 Å². The lowest BCUT2D eigenvalue weighted by molar-refractivity contribution is -0.197. The van der Waals surface area contributed by atoms with Gasteiger partial charge in [-0.2, -0.15) is 9.97 Å². The van der Waals surface area contributed by atoms with Crippen LogP contribution in [-0.2, 0) is 19.0 Å². The summed E-state index contributed by atoms with van der Waals surface area (Å²) < 4.78 is 24.6. The number of hydrazine groups is 1. The number of nitrogens with one attached hydrogen (secondary N) is 3. The average molecular weight is 507 g/mol. The fraction of sp³-hybridized carbons (Fsp3) is 0.500. The van der Waals surface area contributed by atoms with E-state index in [1.165, 1.54) is 12.4 Å². The van der Waals surface area contributed by atoms with Crippen LogP contribution in [0.3, 0.4) is 0 Å². The lowest BCUT2D eigenvalue weighted by Crippen LogP contribution is -2.42. The summed E-state index contributed by atoms with van der Waals surface area (Å²) in [7, 11) is 0. The third-order valence-electron chi connectivity index (χ3n) is 5.46. The Morgan fingerprint density at radius 1 is 1.23 bits per heavy atom. The molecule has 2 aliphatic rings. The topological polar surface area (TPSA) is 168 Å². The molecule has 186 valence electrons. The number of fused-ring (bicyclic) bond motifs is 2. The number of aromatic nitrogens is 5. The molecule has 3 aromatic rings. The van der Waals surface area contributed by atoms with Crippen molar-refractivity contribution in [2.75, 3.05) is 12.0 Å². The molecular weight excluding hydrogens is 484 g/mol. The maximum absolute atomic E-state index is 12.6. The standard InChI is InChI=1S/C20H23ClN8O6/c1-5-22-17(31)12-11-13(34-20(3,4)33-11)18(32-12)29-7-23-10-14(24-19(21)25-15(10)29)26-27-16(30)9-6-8(2)35-28-9/h6-7,11-13,18H,5H2,1-4H3,(H,22,31)(H,27,30)(H,24,25,26). The van der Waals surface area contributed by atoms with E-state index in [9.17, 15) is 9.59 Å². The minimum Gasteiger partial charge on any atom is -0.361 e. The summed E-state index contributed by atoms with van der Waals surface area (Å²) in [5, 5.41) is 6.31. The minimum absolute atomic E-state index is 0.0831. The van der Waals surface area contributed by atoms with Gasteiger partial charge in [0.25, 0.3) is 11.8 Å². The van der Waals surface area contributed by atoms with Gasteiger partial charge < -0.3 is 24.1 Å². The fourth-order valence-electron chi connectivity index (χ4n) is 4.10. The van der Waals surface area contributed by atoms with Gasteiger partial charge in [-0.25, -0.2) is 4.98 Å².